The van der Waals surface area contributed by atoms with Crippen LogP contribution in [-0.2, 0) is 32.3 Å². The molecule has 0 aliphatic heterocycles. The van der Waals surface area contributed by atoms with E-state index in [1.165, 1.54) is 0 Å². The number of ketones is 1. The molecule has 36 heavy (non-hydrogen) atoms. The number of Topliss-reactive ketones (excluding diaryl/α,β-unsaturated/α-hetero) is 1. The molecule has 0 fully saturated rings. The van der Waals surface area contributed by atoms with Crippen molar-refractivity contribution in [2.75, 3.05) is 0 Å². The molecule has 1 atom stereocenters. The number of benzene rings is 2. The van der Waals surface area contributed by atoms with Gasteiger partial charge >= 0.3 is 11.8 Å². The Kier molecular flexibility index (Phi) is 12.0. The number of hydrazone groups is 1. The van der Waals surface area contributed by atoms with E-state index in [9.17, 15) is 19.2 Å². The van der Waals surface area contributed by atoms with Crippen molar-refractivity contribution in [2.45, 2.75) is 59.0 Å². The predicted molar refractivity (Wildman–Crippen MR) is 138 cm³/mol. The van der Waals surface area contributed by atoms with E-state index in [1.807, 2.05) is 74.5 Å². The van der Waals surface area contributed by atoms with E-state index >= 15 is 0 Å². The first-order chi connectivity index (χ1) is 17.4. The fourth-order valence-corrected chi connectivity index (χ4v) is 3.85. The highest BCUT2D eigenvalue weighted by molar-refractivity contribution is 6.34. The number of hydrogen-bond acceptors (Lipinski definition) is 6. The van der Waals surface area contributed by atoms with E-state index in [2.05, 4.69) is 10.5 Å². The summed E-state index contributed by atoms with van der Waals surface area (Å²) in [5.41, 5.74) is 6.38. The van der Waals surface area contributed by atoms with E-state index in [0.717, 1.165) is 11.1 Å². The molecular weight excluding hydrogens is 458 g/mol. The molecule has 4 N–H and O–H groups in total. The lowest BCUT2D eigenvalue weighted by Crippen LogP contribution is -2.42. The molecule has 0 saturated carbocycles. The summed E-state index contributed by atoms with van der Waals surface area (Å²) >= 11 is 0. The number of amides is 3. The Morgan fingerprint density at radius 3 is 1.86 bits per heavy atom. The Morgan fingerprint density at radius 1 is 0.833 bits per heavy atom. The summed E-state index contributed by atoms with van der Waals surface area (Å²) in [7, 11) is 0. The second kappa shape index (κ2) is 15.2. The zero-order valence-electron chi connectivity index (χ0n) is 20.9. The lowest BCUT2D eigenvalue weighted by atomic mass is 9.90. The minimum atomic E-state index is -1.03. The summed E-state index contributed by atoms with van der Waals surface area (Å²) in [6.07, 6.45) is 1.75. The van der Waals surface area contributed by atoms with E-state index < -0.39 is 17.7 Å². The third-order valence-electron chi connectivity index (χ3n) is 5.71. The van der Waals surface area contributed by atoms with Crippen molar-refractivity contribution >= 4 is 29.2 Å². The standard InChI is InChI=1S/C27H35N5O4/c1-3-11-23(30-31-27(36)26(35)29-28)22(4-2)24(33)16-17-25(34)32(18-20-12-7-5-8-13-20)19-21-14-9-6-10-15-21/h5-10,12-15,22H,3-4,11,16-19,28H2,1-2H3,(H,29,35)(H,31,36)/b30-23-/t22-/m1/s1. The van der Waals surface area contributed by atoms with E-state index in [4.69, 9.17) is 5.84 Å². The molecule has 9 nitrogen and oxygen atoms in total. The van der Waals surface area contributed by atoms with Crippen LogP contribution in [0.3, 0.4) is 0 Å². The molecule has 0 saturated heterocycles. The first-order valence-corrected chi connectivity index (χ1v) is 12.1. The van der Waals surface area contributed by atoms with Crippen LogP contribution in [0.5, 0.6) is 0 Å². The molecular formula is C27H35N5O4. The van der Waals surface area contributed by atoms with Crippen molar-refractivity contribution in [1.29, 1.82) is 0 Å². The summed E-state index contributed by atoms with van der Waals surface area (Å²) in [6.45, 7) is 4.66. The van der Waals surface area contributed by atoms with Gasteiger partial charge in [0, 0.05) is 31.6 Å². The second-order valence-electron chi connectivity index (χ2n) is 8.42. The quantitative estimate of drug-likeness (QED) is 0.130. The maximum atomic E-state index is 13.2. The summed E-state index contributed by atoms with van der Waals surface area (Å²) in [6, 6.07) is 19.5. The number of nitrogens with two attached hydrogens (primary N) is 1. The molecule has 9 heteroatoms. The Hall–Kier alpha value is -3.85. The van der Waals surface area contributed by atoms with Crippen LogP contribution in [0.1, 0.15) is 57.1 Å². The van der Waals surface area contributed by atoms with E-state index in [0.29, 0.717) is 38.1 Å². The van der Waals surface area contributed by atoms with Gasteiger partial charge < -0.3 is 4.90 Å². The van der Waals surface area contributed by atoms with E-state index in [-0.39, 0.29) is 24.5 Å². The molecule has 0 aliphatic rings. The molecule has 0 bridgehead atoms. The van der Waals surface area contributed by atoms with Crippen molar-refractivity contribution in [3.63, 3.8) is 0 Å². The smallest absolute Gasteiger partial charge is 0.330 e. The van der Waals surface area contributed by atoms with Crippen molar-refractivity contribution in [3.8, 4) is 0 Å². The zero-order chi connectivity index (χ0) is 26.3. The number of nitrogens with one attached hydrogen (secondary N) is 2. The number of carbonyl (C=O) groups is 4. The van der Waals surface area contributed by atoms with Gasteiger partial charge in [-0.05, 0) is 24.0 Å². The van der Waals surface area contributed by atoms with Crippen molar-refractivity contribution in [3.05, 3.63) is 71.8 Å². The number of rotatable bonds is 13. The van der Waals surface area contributed by atoms with Crippen LogP contribution in [0, 0.1) is 5.92 Å². The Balaban J connectivity index is 2.10. The van der Waals surface area contributed by atoms with Gasteiger partial charge in [-0.15, -0.1) is 0 Å². The molecule has 0 heterocycles. The summed E-state index contributed by atoms with van der Waals surface area (Å²) in [5, 5.41) is 4.03. The molecule has 2 aromatic carbocycles. The average molecular weight is 494 g/mol. The maximum absolute atomic E-state index is 13.2. The van der Waals surface area contributed by atoms with Crippen LogP contribution in [0.25, 0.3) is 0 Å². The first kappa shape index (κ1) is 28.4. The molecule has 2 aromatic rings. The molecule has 0 unspecified atom stereocenters. The van der Waals surface area contributed by atoms with Gasteiger partial charge in [0.15, 0.2) is 0 Å². The third-order valence-corrected chi connectivity index (χ3v) is 5.71. The molecule has 0 aromatic heterocycles. The van der Waals surface area contributed by atoms with Crippen LogP contribution >= 0.6 is 0 Å². The lowest BCUT2D eigenvalue weighted by molar-refractivity contribution is -0.139. The lowest BCUT2D eigenvalue weighted by Gasteiger charge is -2.24. The topological polar surface area (TPSA) is 134 Å². The summed E-state index contributed by atoms with van der Waals surface area (Å²) < 4.78 is 0. The van der Waals surface area contributed by atoms with Gasteiger partial charge in [-0.2, -0.15) is 5.10 Å². The highest BCUT2D eigenvalue weighted by Crippen LogP contribution is 2.17. The van der Waals surface area contributed by atoms with Crippen LogP contribution in [0.15, 0.2) is 65.8 Å². The van der Waals surface area contributed by atoms with E-state index in [1.54, 1.807) is 10.3 Å². The Morgan fingerprint density at radius 2 is 1.39 bits per heavy atom. The fourth-order valence-electron chi connectivity index (χ4n) is 3.85. The monoisotopic (exact) mass is 493 g/mol. The van der Waals surface area contributed by atoms with Gasteiger partial charge in [0.1, 0.15) is 5.78 Å². The maximum Gasteiger partial charge on any atom is 0.330 e. The van der Waals surface area contributed by atoms with Crippen molar-refractivity contribution in [2.24, 2.45) is 16.9 Å². The average Bonchev–Trinajstić information content (AvgIpc) is 2.90. The predicted octanol–water partition coefficient (Wildman–Crippen LogP) is 2.85. The Bertz CT molecular complexity index is 999. The van der Waals surface area contributed by atoms with Crippen LogP contribution in [0.4, 0.5) is 0 Å². The summed E-state index contributed by atoms with van der Waals surface area (Å²) in [4.78, 5) is 51.1. The fraction of sp³-hybridized carbons (Fsp3) is 0.370. The van der Waals surface area contributed by atoms with Gasteiger partial charge in [-0.3, -0.25) is 24.6 Å². The van der Waals surface area contributed by atoms with Crippen molar-refractivity contribution < 1.29 is 19.2 Å². The zero-order valence-corrected chi connectivity index (χ0v) is 20.9. The van der Waals surface area contributed by atoms with Crippen LogP contribution in [-0.4, -0.2) is 34.1 Å². The van der Waals surface area contributed by atoms with Gasteiger partial charge in [-0.25, -0.2) is 11.3 Å². The van der Waals surface area contributed by atoms with Gasteiger partial charge in [0.2, 0.25) is 5.91 Å². The second-order valence-corrected chi connectivity index (χ2v) is 8.42. The first-order valence-electron chi connectivity index (χ1n) is 12.1. The number of nitrogens with zero attached hydrogens (tertiary/aromatic N) is 2. The molecule has 192 valence electrons. The molecule has 0 radical (unpaired) electrons. The highest BCUT2D eigenvalue weighted by Gasteiger charge is 2.25. The van der Waals surface area contributed by atoms with Crippen LogP contribution < -0.4 is 16.7 Å². The van der Waals surface area contributed by atoms with Gasteiger partial charge in [0.05, 0.1) is 5.92 Å². The molecule has 0 spiro atoms. The number of hydrazine groups is 1. The minimum Gasteiger partial charge on any atom is -0.334 e. The van der Waals surface area contributed by atoms with Crippen LogP contribution in [0.2, 0.25) is 0 Å². The van der Waals surface area contributed by atoms with Gasteiger partial charge in [-0.1, -0.05) is 80.9 Å². The minimum absolute atomic E-state index is 0.0530. The third kappa shape index (κ3) is 9.07. The molecule has 3 amide bonds. The van der Waals surface area contributed by atoms with Crippen molar-refractivity contribution in [1.82, 2.24) is 15.8 Å². The molecule has 2 rings (SSSR count). The summed E-state index contributed by atoms with van der Waals surface area (Å²) in [5.74, 6) is 2.11. The SMILES string of the molecule is CCC/C(=N/NC(=O)C(=O)NN)[C@@H](CC)C(=O)CCC(=O)N(Cc1ccccc1)Cc1ccccc1. The Labute approximate surface area is 212 Å². The molecule has 0 aliphatic carbocycles. The largest absolute Gasteiger partial charge is 0.334 e. The highest BCUT2D eigenvalue weighted by atomic mass is 16.2. The number of hydrogen-bond donors (Lipinski definition) is 3. The van der Waals surface area contributed by atoms with Gasteiger partial charge in [0.25, 0.3) is 0 Å². The number of carbonyl (C=O) groups excluding carboxylic acids is 4. The normalized spacial score (nSPS) is 11.9.